The fourth-order valence-electron chi connectivity index (χ4n) is 1.49. The molecule has 1 aromatic rings. The van der Waals surface area contributed by atoms with E-state index in [1.54, 1.807) is 0 Å². The van der Waals surface area contributed by atoms with Crippen LogP contribution in [-0.2, 0) is 9.47 Å². The van der Waals surface area contributed by atoms with Crippen molar-refractivity contribution in [3.05, 3.63) is 35.9 Å². The van der Waals surface area contributed by atoms with Crippen molar-refractivity contribution in [1.29, 1.82) is 0 Å². The Morgan fingerprint density at radius 1 is 0.933 bits per heavy atom. The molecule has 0 aliphatic heterocycles. The second-order valence-electron chi connectivity index (χ2n) is 3.43. The lowest BCUT2D eigenvalue weighted by Crippen LogP contribution is -2.14. The molecule has 0 radical (unpaired) electrons. The Labute approximate surface area is 92.2 Å². The molecule has 0 spiro atoms. The van der Waals surface area contributed by atoms with Gasteiger partial charge in [-0.15, -0.1) is 0 Å². The predicted molar refractivity (Wildman–Crippen MR) is 62.2 cm³/mol. The molecule has 1 aromatic carbocycles. The molecule has 15 heavy (non-hydrogen) atoms. The van der Waals surface area contributed by atoms with Gasteiger partial charge >= 0.3 is 0 Å². The number of hydrogen-bond donors (Lipinski definition) is 0. The van der Waals surface area contributed by atoms with E-state index in [4.69, 9.17) is 9.47 Å². The Balaban J connectivity index is 2.55. The molecule has 1 rings (SSSR count). The van der Waals surface area contributed by atoms with Crippen molar-refractivity contribution in [2.75, 3.05) is 26.4 Å². The largest absolute Gasteiger partial charge is 0.381 e. The molecule has 0 N–H and O–H groups in total. The van der Waals surface area contributed by atoms with E-state index in [0.29, 0.717) is 5.92 Å². The van der Waals surface area contributed by atoms with Gasteiger partial charge in [-0.1, -0.05) is 30.3 Å². The molecule has 0 aromatic heterocycles. The molecule has 0 atom stereocenters. The second-order valence-corrected chi connectivity index (χ2v) is 3.43. The lowest BCUT2D eigenvalue weighted by molar-refractivity contribution is 0.0757. The van der Waals surface area contributed by atoms with Crippen molar-refractivity contribution in [2.24, 2.45) is 0 Å². The van der Waals surface area contributed by atoms with Gasteiger partial charge in [-0.2, -0.15) is 0 Å². The Hall–Kier alpha value is -0.860. The highest BCUT2D eigenvalue weighted by atomic mass is 16.5. The van der Waals surface area contributed by atoms with Crippen molar-refractivity contribution < 1.29 is 9.47 Å². The quantitative estimate of drug-likeness (QED) is 0.686. The van der Waals surface area contributed by atoms with E-state index in [2.05, 4.69) is 24.3 Å². The summed E-state index contributed by atoms with van der Waals surface area (Å²) in [4.78, 5) is 0. The van der Waals surface area contributed by atoms with E-state index in [-0.39, 0.29) is 0 Å². The molecule has 0 saturated heterocycles. The first kappa shape index (κ1) is 12.2. The zero-order chi connectivity index (χ0) is 10.9. The van der Waals surface area contributed by atoms with Crippen LogP contribution in [0.1, 0.15) is 25.3 Å². The van der Waals surface area contributed by atoms with Crippen LogP contribution < -0.4 is 0 Å². The highest BCUT2D eigenvalue weighted by molar-refractivity contribution is 5.19. The molecule has 0 heterocycles. The summed E-state index contributed by atoms with van der Waals surface area (Å²) in [5, 5.41) is 0. The molecular formula is C13H20O2. The predicted octanol–water partition coefficient (Wildman–Crippen LogP) is 2.84. The monoisotopic (exact) mass is 208 g/mol. The molecule has 0 aliphatic carbocycles. The zero-order valence-electron chi connectivity index (χ0n) is 9.61. The summed E-state index contributed by atoms with van der Waals surface area (Å²) in [5.41, 5.74) is 1.29. The van der Waals surface area contributed by atoms with Gasteiger partial charge in [-0.3, -0.25) is 0 Å². The van der Waals surface area contributed by atoms with Gasteiger partial charge in [0.1, 0.15) is 0 Å². The summed E-state index contributed by atoms with van der Waals surface area (Å²) in [6.45, 7) is 7.03. The smallest absolute Gasteiger partial charge is 0.0556 e. The lowest BCUT2D eigenvalue weighted by atomic mass is 10.0. The summed E-state index contributed by atoms with van der Waals surface area (Å²) in [6.07, 6.45) is 0. The van der Waals surface area contributed by atoms with E-state index in [9.17, 15) is 0 Å². The Bertz CT molecular complexity index is 238. The number of hydrogen-bond acceptors (Lipinski definition) is 2. The van der Waals surface area contributed by atoms with E-state index in [0.717, 1.165) is 26.4 Å². The van der Waals surface area contributed by atoms with E-state index in [1.165, 1.54) is 5.56 Å². The minimum absolute atomic E-state index is 0.353. The Kier molecular flexibility index (Phi) is 6.05. The van der Waals surface area contributed by atoms with Crippen molar-refractivity contribution >= 4 is 0 Å². The molecular weight excluding hydrogens is 188 g/mol. The van der Waals surface area contributed by atoms with Crippen LogP contribution in [0.4, 0.5) is 0 Å². The summed E-state index contributed by atoms with van der Waals surface area (Å²) in [6, 6.07) is 10.4. The van der Waals surface area contributed by atoms with Gasteiger partial charge in [0.05, 0.1) is 13.2 Å². The van der Waals surface area contributed by atoms with Gasteiger partial charge in [0.25, 0.3) is 0 Å². The number of benzene rings is 1. The third-order valence-electron chi connectivity index (χ3n) is 2.32. The second kappa shape index (κ2) is 7.43. The first-order chi connectivity index (χ1) is 7.38. The third kappa shape index (κ3) is 4.45. The maximum absolute atomic E-state index is 5.47. The van der Waals surface area contributed by atoms with Gasteiger partial charge < -0.3 is 9.47 Å². The summed E-state index contributed by atoms with van der Waals surface area (Å²) >= 11 is 0. The van der Waals surface area contributed by atoms with Crippen LogP contribution in [0.2, 0.25) is 0 Å². The highest BCUT2D eigenvalue weighted by Crippen LogP contribution is 2.16. The van der Waals surface area contributed by atoms with Crippen LogP contribution in [-0.4, -0.2) is 26.4 Å². The van der Waals surface area contributed by atoms with Crippen LogP contribution in [0, 0.1) is 0 Å². The topological polar surface area (TPSA) is 18.5 Å². The van der Waals surface area contributed by atoms with Gasteiger partial charge in [0.15, 0.2) is 0 Å². The zero-order valence-corrected chi connectivity index (χ0v) is 9.61. The number of rotatable bonds is 7. The van der Waals surface area contributed by atoms with E-state index >= 15 is 0 Å². The van der Waals surface area contributed by atoms with Gasteiger partial charge in [-0.05, 0) is 19.4 Å². The fourth-order valence-corrected chi connectivity index (χ4v) is 1.49. The molecule has 0 fully saturated rings. The minimum Gasteiger partial charge on any atom is -0.381 e. The molecule has 2 heteroatoms. The molecule has 0 bridgehead atoms. The summed E-state index contributed by atoms with van der Waals surface area (Å²) < 4.78 is 10.9. The molecule has 2 nitrogen and oxygen atoms in total. The Morgan fingerprint density at radius 3 is 1.93 bits per heavy atom. The standard InChI is InChI=1S/C13H20O2/c1-3-14-10-13(11-15-4-2)12-8-6-5-7-9-12/h5-9,13H,3-4,10-11H2,1-2H3. The lowest BCUT2D eigenvalue weighted by Gasteiger charge is -2.16. The molecule has 0 amide bonds. The first-order valence-corrected chi connectivity index (χ1v) is 5.58. The maximum Gasteiger partial charge on any atom is 0.0556 e. The molecule has 84 valence electrons. The Morgan fingerprint density at radius 2 is 1.47 bits per heavy atom. The summed E-state index contributed by atoms with van der Waals surface area (Å²) in [7, 11) is 0. The first-order valence-electron chi connectivity index (χ1n) is 5.58. The van der Waals surface area contributed by atoms with Crippen molar-refractivity contribution in [3.8, 4) is 0 Å². The van der Waals surface area contributed by atoms with Crippen LogP contribution >= 0.6 is 0 Å². The third-order valence-corrected chi connectivity index (χ3v) is 2.32. The van der Waals surface area contributed by atoms with E-state index < -0.39 is 0 Å². The van der Waals surface area contributed by atoms with Gasteiger partial charge in [0.2, 0.25) is 0 Å². The minimum atomic E-state index is 0.353. The SMILES string of the molecule is CCOCC(COCC)c1ccccc1. The summed E-state index contributed by atoms with van der Waals surface area (Å²) in [5.74, 6) is 0.353. The van der Waals surface area contributed by atoms with Crippen LogP contribution in [0.15, 0.2) is 30.3 Å². The average Bonchev–Trinajstić information content (AvgIpc) is 2.30. The van der Waals surface area contributed by atoms with Crippen molar-refractivity contribution in [3.63, 3.8) is 0 Å². The van der Waals surface area contributed by atoms with Crippen molar-refractivity contribution in [2.45, 2.75) is 19.8 Å². The molecule has 0 unspecified atom stereocenters. The van der Waals surface area contributed by atoms with Crippen molar-refractivity contribution in [1.82, 2.24) is 0 Å². The average molecular weight is 208 g/mol. The fraction of sp³-hybridized carbons (Fsp3) is 0.538. The van der Waals surface area contributed by atoms with Crippen LogP contribution in [0.3, 0.4) is 0 Å². The van der Waals surface area contributed by atoms with Crippen LogP contribution in [0.25, 0.3) is 0 Å². The highest BCUT2D eigenvalue weighted by Gasteiger charge is 2.10. The van der Waals surface area contributed by atoms with E-state index in [1.807, 2.05) is 19.9 Å². The van der Waals surface area contributed by atoms with Gasteiger partial charge in [0, 0.05) is 19.1 Å². The normalized spacial score (nSPS) is 10.9. The van der Waals surface area contributed by atoms with Gasteiger partial charge in [-0.25, -0.2) is 0 Å². The molecule has 0 aliphatic rings. The van der Waals surface area contributed by atoms with Crippen LogP contribution in [0.5, 0.6) is 0 Å². The molecule has 0 saturated carbocycles. The number of ether oxygens (including phenoxy) is 2. The maximum atomic E-state index is 5.47.